The molecule has 0 spiro atoms. The van der Waals surface area contributed by atoms with E-state index in [-0.39, 0.29) is 11.8 Å². The molecule has 0 aliphatic rings. The Hall–Kier alpha value is -2.83. The second kappa shape index (κ2) is 8.91. The van der Waals surface area contributed by atoms with E-state index in [1.807, 2.05) is 0 Å². The number of rotatable bonds is 5. The third kappa shape index (κ3) is 4.91. The molecule has 0 aliphatic carbocycles. The van der Waals surface area contributed by atoms with Gasteiger partial charge in [-0.25, -0.2) is 0 Å². The van der Waals surface area contributed by atoms with Gasteiger partial charge in [0.25, 0.3) is 11.8 Å². The second-order valence-corrected chi connectivity index (χ2v) is 7.20. The fourth-order valence-electron chi connectivity index (χ4n) is 2.56. The van der Waals surface area contributed by atoms with Crippen molar-refractivity contribution >= 4 is 50.7 Å². The summed E-state index contributed by atoms with van der Waals surface area (Å²) < 4.78 is 6.01. The smallest absolute Gasteiger partial charge is 0.259 e. The van der Waals surface area contributed by atoms with Crippen LogP contribution in [0, 0.1) is 0 Å². The molecule has 3 rings (SSSR count). The van der Waals surface area contributed by atoms with E-state index in [1.165, 1.54) is 7.11 Å². The standard InChI is InChI=1S/C21H16BrClN2O3/c1-28-19-9-8-14(22)11-18(19)21(27)25-17-7-3-6-16(12-17)24-20(26)13-4-2-5-15(23)10-13/h2-12H,1H3,(H,24,26)(H,25,27). The van der Waals surface area contributed by atoms with E-state index in [9.17, 15) is 9.59 Å². The molecule has 0 saturated carbocycles. The number of halogens is 2. The van der Waals surface area contributed by atoms with Gasteiger partial charge in [0.2, 0.25) is 0 Å². The molecule has 3 aromatic rings. The number of carbonyl (C=O) groups is 2. The molecular weight excluding hydrogens is 444 g/mol. The number of amides is 2. The van der Waals surface area contributed by atoms with Gasteiger partial charge in [0.1, 0.15) is 5.75 Å². The molecule has 0 radical (unpaired) electrons. The van der Waals surface area contributed by atoms with Crippen LogP contribution in [0.4, 0.5) is 11.4 Å². The predicted octanol–water partition coefficient (Wildman–Crippen LogP) is 5.62. The molecule has 5 nitrogen and oxygen atoms in total. The molecule has 0 aliphatic heterocycles. The minimum absolute atomic E-state index is 0.292. The van der Waals surface area contributed by atoms with Crippen LogP contribution in [0.15, 0.2) is 71.2 Å². The second-order valence-electron chi connectivity index (χ2n) is 5.84. The summed E-state index contributed by atoms with van der Waals surface area (Å²) in [6.45, 7) is 0. The molecule has 0 heterocycles. The van der Waals surface area contributed by atoms with Crippen molar-refractivity contribution in [1.82, 2.24) is 0 Å². The van der Waals surface area contributed by atoms with Gasteiger partial charge < -0.3 is 15.4 Å². The van der Waals surface area contributed by atoms with Gasteiger partial charge in [0.05, 0.1) is 12.7 Å². The van der Waals surface area contributed by atoms with Crippen LogP contribution in [0.25, 0.3) is 0 Å². The molecule has 0 aromatic heterocycles. The van der Waals surface area contributed by atoms with Gasteiger partial charge in [-0.1, -0.05) is 39.7 Å². The summed E-state index contributed by atoms with van der Waals surface area (Å²) in [6, 6.07) is 18.7. The van der Waals surface area contributed by atoms with Crippen LogP contribution in [0.1, 0.15) is 20.7 Å². The average molecular weight is 460 g/mol. The largest absolute Gasteiger partial charge is 0.496 e. The summed E-state index contributed by atoms with van der Waals surface area (Å²) in [5, 5.41) is 6.08. The number of hydrogen-bond acceptors (Lipinski definition) is 3. The van der Waals surface area contributed by atoms with Gasteiger partial charge in [-0.05, 0) is 54.6 Å². The summed E-state index contributed by atoms with van der Waals surface area (Å²) >= 11 is 9.28. The van der Waals surface area contributed by atoms with Crippen molar-refractivity contribution < 1.29 is 14.3 Å². The zero-order valence-electron chi connectivity index (χ0n) is 14.8. The van der Waals surface area contributed by atoms with Gasteiger partial charge in [-0.3, -0.25) is 9.59 Å². The van der Waals surface area contributed by atoms with Crippen LogP contribution in [0.3, 0.4) is 0 Å². The van der Waals surface area contributed by atoms with Crippen molar-refractivity contribution in [1.29, 1.82) is 0 Å². The molecule has 0 unspecified atom stereocenters. The molecule has 0 bridgehead atoms. The Morgan fingerprint density at radius 3 is 2.25 bits per heavy atom. The first kappa shape index (κ1) is 19.9. The van der Waals surface area contributed by atoms with E-state index in [1.54, 1.807) is 66.7 Å². The van der Waals surface area contributed by atoms with Crippen LogP contribution in [0.2, 0.25) is 5.02 Å². The van der Waals surface area contributed by atoms with Crippen molar-refractivity contribution in [2.45, 2.75) is 0 Å². The van der Waals surface area contributed by atoms with Crippen LogP contribution >= 0.6 is 27.5 Å². The van der Waals surface area contributed by atoms with Gasteiger partial charge in [-0.2, -0.15) is 0 Å². The number of hydrogen-bond donors (Lipinski definition) is 2. The zero-order chi connectivity index (χ0) is 20.1. The number of nitrogens with one attached hydrogen (secondary N) is 2. The molecule has 0 atom stereocenters. The predicted molar refractivity (Wildman–Crippen MR) is 114 cm³/mol. The third-order valence-electron chi connectivity index (χ3n) is 3.87. The minimum Gasteiger partial charge on any atom is -0.496 e. The van der Waals surface area contributed by atoms with E-state index in [0.29, 0.717) is 33.3 Å². The SMILES string of the molecule is COc1ccc(Br)cc1C(=O)Nc1cccc(NC(=O)c2cccc(Cl)c2)c1. The topological polar surface area (TPSA) is 67.4 Å². The highest BCUT2D eigenvalue weighted by Gasteiger charge is 2.14. The first-order chi connectivity index (χ1) is 13.5. The molecule has 142 valence electrons. The number of methoxy groups -OCH3 is 1. The normalized spacial score (nSPS) is 10.2. The van der Waals surface area contributed by atoms with Crippen molar-refractivity contribution in [3.05, 3.63) is 87.4 Å². The number of anilines is 2. The van der Waals surface area contributed by atoms with Gasteiger partial charge in [-0.15, -0.1) is 0 Å². The summed E-state index contributed by atoms with van der Waals surface area (Å²) in [4.78, 5) is 25.0. The quantitative estimate of drug-likeness (QED) is 0.521. The molecule has 2 N–H and O–H groups in total. The minimum atomic E-state index is -0.323. The van der Waals surface area contributed by atoms with E-state index < -0.39 is 0 Å². The highest BCUT2D eigenvalue weighted by molar-refractivity contribution is 9.10. The lowest BCUT2D eigenvalue weighted by Crippen LogP contribution is -2.14. The maximum atomic E-state index is 12.6. The highest BCUT2D eigenvalue weighted by atomic mass is 79.9. The molecule has 0 fully saturated rings. The van der Waals surface area contributed by atoms with Crippen molar-refractivity contribution in [3.8, 4) is 5.75 Å². The van der Waals surface area contributed by atoms with E-state index in [4.69, 9.17) is 16.3 Å². The number of carbonyl (C=O) groups excluding carboxylic acids is 2. The van der Waals surface area contributed by atoms with Gasteiger partial charge in [0, 0.05) is 26.4 Å². The maximum absolute atomic E-state index is 12.6. The summed E-state index contributed by atoms with van der Waals surface area (Å²) in [7, 11) is 1.51. The average Bonchev–Trinajstić information content (AvgIpc) is 2.68. The summed E-state index contributed by atoms with van der Waals surface area (Å²) in [5.41, 5.74) is 1.92. The summed E-state index contributed by atoms with van der Waals surface area (Å²) in [6.07, 6.45) is 0. The van der Waals surface area contributed by atoms with Gasteiger partial charge >= 0.3 is 0 Å². The Balaban J connectivity index is 1.76. The molecule has 28 heavy (non-hydrogen) atoms. The lowest BCUT2D eigenvalue weighted by molar-refractivity contribution is 0.101. The lowest BCUT2D eigenvalue weighted by Gasteiger charge is -2.11. The van der Waals surface area contributed by atoms with Crippen LogP contribution in [0.5, 0.6) is 5.75 Å². The maximum Gasteiger partial charge on any atom is 0.259 e. The van der Waals surface area contributed by atoms with Crippen LogP contribution in [-0.2, 0) is 0 Å². The molecule has 3 aromatic carbocycles. The van der Waals surface area contributed by atoms with Crippen LogP contribution in [-0.4, -0.2) is 18.9 Å². The molecular formula is C21H16BrClN2O3. The highest BCUT2D eigenvalue weighted by Crippen LogP contribution is 2.25. The first-order valence-electron chi connectivity index (χ1n) is 8.28. The zero-order valence-corrected chi connectivity index (χ0v) is 17.2. The summed E-state index contributed by atoms with van der Waals surface area (Å²) in [5.74, 6) is -0.151. The van der Waals surface area contributed by atoms with Gasteiger partial charge in [0.15, 0.2) is 0 Å². The Kier molecular flexibility index (Phi) is 6.34. The number of benzene rings is 3. The third-order valence-corrected chi connectivity index (χ3v) is 4.60. The van der Waals surface area contributed by atoms with Crippen molar-refractivity contribution in [3.63, 3.8) is 0 Å². The fourth-order valence-corrected chi connectivity index (χ4v) is 3.12. The Morgan fingerprint density at radius 1 is 0.893 bits per heavy atom. The first-order valence-corrected chi connectivity index (χ1v) is 9.45. The fraction of sp³-hybridized carbons (Fsp3) is 0.0476. The molecule has 0 saturated heterocycles. The Bertz CT molecular complexity index is 1040. The molecule has 7 heteroatoms. The Morgan fingerprint density at radius 2 is 1.57 bits per heavy atom. The van der Waals surface area contributed by atoms with Crippen molar-refractivity contribution in [2.24, 2.45) is 0 Å². The van der Waals surface area contributed by atoms with E-state index in [0.717, 1.165) is 4.47 Å². The van der Waals surface area contributed by atoms with E-state index >= 15 is 0 Å². The van der Waals surface area contributed by atoms with Crippen molar-refractivity contribution in [2.75, 3.05) is 17.7 Å². The molecule has 2 amide bonds. The monoisotopic (exact) mass is 458 g/mol. The number of ether oxygens (including phenoxy) is 1. The Labute approximate surface area is 175 Å². The lowest BCUT2D eigenvalue weighted by atomic mass is 10.1. The van der Waals surface area contributed by atoms with Crippen LogP contribution < -0.4 is 15.4 Å². The van der Waals surface area contributed by atoms with E-state index in [2.05, 4.69) is 26.6 Å².